The van der Waals surface area contributed by atoms with E-state index in [4.69, 9.17) is 4.42 Å². The maximum Gasteiger partial charge on any atom is 0.277 e. The molecule has 0 spiro atoms. The zero-order valence-corrected chi connectivity index (χ0v) is 15.6. The van der Waals surface area contributed by atoms with Gasteiger partial charge < -0.3 is 14.2 Å². The van der Waals surface area contributed by atoms with Crippen molar-refractivity contribution in [2.75, 3.05) is 26.7 Å². The number of nitrogens with zero attached hydrogens (tertiary/aromatic N) is 1. The fourth-order valence-electron chi connectivity index (χ4n) is 3.13. The van der Waals surface area contributed by atoms with Crippen LogP contribution in [0.4, 0.5) is 0 Å². The summed E-state index contributed by atoms with van der Waals surface area (Å²) in [5.41, 5.74) is 1.04. The molecule has 1 aromatic heterocycles. The van der Waals surface area contributed by atoms with E-state index < -0.39 is 0 Å². The highest BCUT2D eigenvalue weighted by atomic mass is 79.9. The maximum atomic E-state index is 12.4. The van der Waals surface area contributed by atoms with Crippen molar-refractivity contribution in [2.24, 2.45) is 0 Å². The van der Waals surface area contributed by atoms with E-state index in [-0.39, 0.29) is 5.91 Å². The molecule has 2 aromatic rings. The molecule has 24 heavy (non-hydrogen) atoms. The Morgan fingerprint density at radius 3 is 2.54 bits per heavy atom. The summed E-state index contributed by atoms with van der Waals surface area (Å²) < 4.78 is 6.95. The standard InChI is InChI=1S/C19H23BrN2O2/c1-21(19(23)14-22-11-3-2-4-12-22)13-17-9-10-18(24-17)15-5-7-16(20)8-6-15/h5-10H,2-4,11-14H2,1H3/p+1. The first-order valence-electron chi connectivity index (χ1n) is 8.54. The van der Waals surface area contributed by atoms with Gasteiger partial charge in [-0.1, -0.05) is 28.1 Å². The van der Waals surface area contributed by atoms with Crippen LogP contribution in [-0.4, -0.2) is 37.5 Å². The van der Waals surface area contributed by atoms with E-state index in [2.05, 4.69) is 15.9 Å². The molecule has 0 unspecified atom stereocenters. The van der Waals surface area contributed by atoms with E-state index in [0.29, 0.717) is 13.1 Å². The average molecular weight is 392 g/mol. The van der Waals surface area contributed by atoms with Crippen molar-refractivity contribution in [3.05, 3.63) is 46.6 Å². The number of quaternary nitrogens is 1. The molecule has 1 amide bonds. The molecule has 1 fully saturated rings. The first-order valence-corrected chi connectivity index (χ1v) is 9.33. The summed E-state index contributed by atoms with van der Waals surface area (Å²) in [6.45, 7) is 3.35. The highest BCUT2D eigenvalue weighted by molar-refractivity contribution is 9.10. The highest BCUT2D eigenvalue weighted by Gasteiger charge is 2.20. The van der Waals surface area contributed by atoms with Crippen LogP contribution in [0.15, 0.2) is 45.3 Å². The zero-order chi connectivity index (χ0) is 16.9. The van der Waals surface area contributed by atoms with Gasteiger partial charge in [0.05, 0.1) is 19.6 Å². The second-order valence-electron chi connectivity index (χ2n) is 6.51. The minimum Gasteiger partial charge on any atom is -0.459 e. The Bertz CT molecular complexity index is 675. The van der Waals surface area contributed by atoms with Gasteiger partial charge in [0.2, 0.25) is 0 Å². The molecule has 4 nitrogen and oxygen atoms in total. The van der Waals surface area contributed by atoms with Crippen LogP contribution in [0.5, 0.6) is 0 Å². The SMILES string of the molecule is CN(Cc1ccc(-c2ccc(Br)cc2)o1)C(=O)C[NH+]1CCCCC1. The molecule has 0 aliphatic carbocycles. The normalized spacial score (nSPS) is 15.4. The van der Waals surface area contributed by atoms with Gasteiger partial charge >= 0.3 is 0 Å². The Labute approximate surface area is 151 Å². The molecular formula is C19H24BrN2O2+. The summed E-state index contributed by atoms with van der Waals surface area (Å²) in [7, 11) is 1.85. The fraction of sp³-hybridized carbons (Fsp3) is 0.421. The smallest absolute Gasteiger partial charge is 0.277 e. The van der Waals surface area contributed by atoms with Gasteiger partial charge in [0.1, 0.15) is 11.5 Å². The molecule has 128 valence electrons. The van der Waals surface area contributed by atoms with E-state index in [9.17, 15) is 4.79 Å². The number of likely N-dealkylation sites (tertiary alicyclic amines) is 1. The largest absolute Gasteiger partial charge is 0.459 e. The molecule has 1 aliphatic rings. The lowest BCUT2D eigenvalue weighted by Crippen LogP contribution is -3.13. The lowest BCUT2D eigenvalue weighted by Gasteiger charge is -2.25. The van der Waals surface area contributed by atoms with E-state index in [1.54, 1.807) is 4.90 Å². The number of piperidine rings is 1. The van der Waals surface area contributed by atoms with Gasteiger partial charge in [-0.3, -0.25) is 4.79 Å². The Morgan fingerprint density at radius 2 is 1.83 bits per heavy atom. The number of benzene rings is 1. The van der Waals surface area contributed by atoms with Crippen LogP contribution in [0.25, 0.3) is 11.3 Å². The maximum absolute atomic E-state index is 12.4. The number of furan rings is 1. The zero-order valence-electron chi connectivity index (χ0n) is 14.1. The van der Waals surface area contributed by atoms with Crippen molar-refractivity contribution < 1.29 is 14.1 Å². The third-order valence-corrected chi connectivity index (χ3v) is 5.10. The van der Waals surface area contributed by atoms with Crippen molar-refractivity contribution in [1.82, 2.24) is 4.90 Å². The quantitative estimate of drug-likeness (QED) is 0.850. The highest BCUT2D eigenvalue weighted by Crippen LogP contribution is 2.24. The Kier molecular flexibility index (Phi) is 5.74. The molecule has 1 aliphatic heterocycles. The van der Waals surface area contributed by atoms with Crippen LogP contribution in [0, 0.1) is 0 Å². The fourth-order valence-corrected chi connectivity index (χ4v) is 3.40. The number of hydrogen-bond acceptors (Lipinski definition) is 2. The summed E-state index contributed by atoms with van der Waals surface area (Å²) in [5, 5.41) is 0. The van der Waals surface area contributed by atoms with Crippen molar-refractivity contribution in [3.63, 3.8) is 0 Å². The second-order valence-corrected chi connectivity index (χ2v) is 7.43. The summed E-state index contributed by atoms with van der Waals surface area (Å²) in [5.74, 6) is 1.84. The minimum absolute atomic E-state index is 0.188. The number of amides is 1. The minimum atomic E-state index is 0.188. The molecule has 1 N–H and O–H groups in total. The van der Waals surface area contributed by atoms with Gasteiger partial charge in [-0.05, 0) is 43.5 Å². The van der Waals surface area contributed by atoms with Crippen LogP contribution in [0.2, 0.25) is 0 Å². The average Bonchev–Trinajstić information content (AvgIpc) is 3.05. The molecular weight excluding hydrogens is 368 g/mol. The Morgan fingerprint density at radius 1 is 1.12 bits per heavy atom. The van der Waals surface area contributed by atoms with Crippen LogP contribution >= 0.6 is 15.9 Å². The van der Waals surface area contributed by atoms with Crippen LogP contribution in [0.1, 0.15) is 25.0 Å². The molecule has 0 radical (unpaired) electrons. The van der Waals surface area contributed by atoms with Gasteiger partial charge in [0.25, 0.3) is 5.91 Å². The van der Waals surface area contributed by atoms with Gasteiger partial charge in [-0.25, -0.2) is 0 Å². The van der Waals surface area contributed by atoms with Crippen LogP contribution in [-0.2, 0) is 11.3 Å². The molecule has 1 aromatic carbocycles. The lowest BCUT2D eigenvalue weighted by atomic mass is 10.1. The van der Waals surface area contributed by atoms with Gasteiger partial charge in [-0.2, -0.15) is 0 Å². The summed E-state index contributed by atoms with van der Waals surface area (Å²) in [4.78, 5) is 15.6. The van der Waals surface area contributed by atoms with Crippen molar-refractivity contribution in [1.29, 1.82) is 0 Å². The monoisotopic (exact) mass is 391 g/mol. The number of rotatable bonds is 5. The molecule has 0 atom stereocenters. The predicted octanol–water partition coefficient (Wildman–Crippen LogP) is 2.74. The number of nitrogens with one attached hydrogen (secondary N) is 1. The van der Waals surface area contributed by atoms with E-state index in [1.165, 1.54) is 24.2 Å². The van der Waals surface area contributed by atoms with E-state index in [0.717, 1.165) is 34.6 Å². The Balaban J connectivity index is 1.57. The second kappa shape index (κ2) is 7.99. The first kappa shape index (κ1) is 17.2. The van der Waals surface area contributed by atoms with Crippen molar-refractivity contribution >= 4 is 21.8 Å². The molecule has 1 saturated heterocycles. The molecule has 5 heteroatoms. The van der Waals surface area contributed by atoms with Gasteiger partial charge in [-0.15, -0.1) is 0 Å². The van der Waals surface area contributed by atoms with Gasteiger partial charge in [0, 0.05) is 17.1 Å². The van der Waals surface area contributed by atoms with E-state index in [1.807, 2.05) is 43.4 Å². The van der Waals surface area contributed by atoms with E-state index >= 15 is 0 Å². The molecule has 0 saturated carbocycles. The number of likely N-dealkylation sites (N-methyl/N-ethyl adjacent to an activating group) is 1. The van der Waals surface area contributed by atoms with Crippen LogP contribution < -0.4 is 4.90 Å². The number of hydrogen-bond donors (Lipinski definition) is 1. The summed E-state index contributed by atoms with van der Waals surface area (Å²) in [6, 6.07) is 11.9. The predicted molar refractivity (Wildman–Crippen MR) is 97.7 cm³/mol. The molecule has 2 heterocycles. The third kappa shape index (κ3) is 4.48. The van der Waals surface area contributed by atoms with Crippen molar-refractivity contribution in [2.45, 2.75) is 25.8 Å². The number of carbonyl (C=O) groups excluding carboxylic acids is 1. The Hall–Kier alpha value is -1.59. The lowest BCUT2D eigenvalue weighted by molar-refractivity contribution is -0.897. The number of halogens is 1. The third-order valence-electron chi connectivity index (χ3n) is 4.57. The molecule has 3 rings (SSSR count). The van der Waals surface area contributed by atoms with Crippen LogP contribution in [0.3, 0.4) is 0 Å². The topological polar surface area (TPSA) is 37.9 Å². The van der Waals surface area contributed by atoms with Gasteiger partial charge in [0.15, 0.2) is 6.54 Å². The summed E-state index contributed by atoms with van der Waals surface area (Å²) in [6.07, 6.45) is 3.78. The number of carbonyl (C=O) groups is 1. The van der Waals surface area contributed by atoms with Crippen molar-refractivity contribution in [3.8, 4) is 11.3 Å². The molecule has 0 bridgehead atoms. The first-order chi connectivity index (χ1) is 11.6. The summed E-state index contributed by atoms with van der Waals surface area (Å²) >= 11 is 3.44.